The molecule has 0 unspecified atom stereocenters. The highest BCUT2D eigenvalue weighted by atomic mass is 35.5. The second-order valence-electron chi connectivity index (χ2n) is 6.98. The average Bonchev–Trinajstić information content (AvgIpc) is 3.26. The molecular weight excluding hydrogens is 445 g/mol. The van der Waals surface area contributed by atoms with Gasteiger partial charge in [-0.2, -0.15) is 9.61 Å². The van der Waals surface area contributed by atoms with Crippen LogP contribution in [0.25, 0.3) is 28.4 Å². The van der Waals surface area contributed by atoms with Crippen LogP contribution in [0.2, 0.25) is 5.02 Å². The van der Waals surface area contributed by atoms with Crippen LogP contribution in [0.5, 0.6) is 0 Å². The van der Waals surface area contributed by atoms with Gasteiger partial charge in [0.1, 0.15) is 11.5 Å². The van der Waals surface area contributed by atoms with Gasteiger partial charge < -0.3 is 10.6 Å². The van der Waals surface area contributed by atoms with Gasteiger partial charge in [0.15, 0.2) is 5.65 Å². The van der Waals surface area contributed by atoms with Crippen molar-refractivity contribution >= 4 is 34.7 Å². The molecule has 0 atom stereocenters. The highest BCUT2D eigenvalue weighted by molar-refractivity contribution is 6.33. The van der Waals surface area contributed by atoms with E-state index in [0.717, 1.165) is 5.56 Å². The van der Waals surface area contributed by atoms with Crippen molar-refractivity contribution in [2.24, 2.45) is 0 Å². The molecule has 5 aromatic rings. The lowest BCUT2D eigenvalue weighted by Crippen LogP contribution is -2.20. The van der Waals surface area contributed by atoms with Crippen molar-refractivity contribution in [2.75, 3.05) is 10.6 Å². The van der Waals surface area contributed by atoms with Crippen molar-refractivity contribution in [2.45, 2.75) is 0 Å². The van der Waals surface area contributed by atoms with Crippen LogP contribution in [0.1, 0.15) is 0 Å². The number of pyridine rings is 1. The maximum Gasteiger partial charge on any atom is 0.323 e. The summed E-state index contributed by atoms with van der Waals surface area (Å²) in [5.74, 6) is -0.107. The molecule has 0 aliphatic heterocycles. The smallest absolute Gasteiger partial charge is 0.308 e. The molecule has 162 valence electrons. The van der Waals surface area contributed by atoms with E-state index in [2.05, 4.69) is 30.9 Å². The Hall–Kier alpha value is -4.37. The summed E-state index contributed by atoms with van der Waals surface area (Å²) < 4.78 is 15.6. The van der Waals surface area contributed by atoms with E-state index in [1.165, 1.54) is 18.2 Å². The largest absolute Gasteiger partial charge is 0.323 e. The van der Waals surface area contributed by atoms with Crippen molar-refractivity contribution < 1.29 is 9.18 Å². The number of benzene rings is 2. The van der Waals surface area contributed by atoms with E-state index in [4.69, 9.17) is 11.6 Å². The lowest BCUT2D eigenvalue weighted by Gasteiger charge is -2.11. The number of aromatic nitrogens is 5. The molecule has 0 spiro atoms. The fraction of sp³-hybridized carbons (Fsp3) is 0. The van der Waals surface area contributed by atoms with Crippen LogP contribution in [0.3, 0.4) is 0 Å². The van der Waals surface area contributed by atoms with Gasteiger partial charge in [-0.3, -0.25) is 4.98 Å². The van der Waals surface area contributed by atoms with E-state index < -0.39 is 11.8 Å². The second-order valence-corrected chi connectivity index (χ2v) is 7.39. The predicted octanol–water partition coefficient (Wildman–Crippen LogP) is 5.29. The summed E-state index contributed by atoms with van der Waals surface area (Å²) in [5, 5.41) is 18.2. The van der Waals surface area contributed by atoms with Crippen LogP contribution < -0.4 is 10.6 Å². The minimum atomic E-state index is -0.626. The molecule has 0 bridgehead atoms. The number of carbonyl (C=O) groups excluding carboxylic acids is 1. The van der Waals surface area contributed by atoms with Gasteiger partial charge >= 0.3 is 6.03 Å². The van der Waals surface area contributed by atoms with Crippen molar-refractivity contribution in [1.29, 1.82) is 0 Å². The van der Waals surface area contributed by atoms with Gasteiger partial charge in [0.25, 0.3) is 0 Å². The number of rotatable bonds is 4. The second kappa shape index (κ2) is 8.64. The van der Waals surface area contributed by atoms with Gasteiger partial charge in [0.2, 0.25) is 5.82 Å². The molecular formula is C23H15ClFN7O. The van der Waals surface area contributed by atoms with Crippen LogP contribution in [-0.4, -0.2) is 30.8 Å². The Labute approximate surface area is 192 Å². The van der Waals surface area contributed by atoms with E-state index in [9.17, 15) is 9.18 Å². The fourth-order valence-corrected chi connectivity index (χ4v) is 3.46. The normalized spacial score (nSPS) is 10.8. The van der Waals surface area contributed by atoms with Crippen LogP contribution >= 0.6 is 11.6 Å². The van der Waals surface area contributed by atoms with Crippen molar-refractivity contribution in [3.8, 4) is 22.8 Å². The third kappa shape index (κ3) is 4.21. The molecule has 33 heavy (non-hydrogen) atoms. The summed E-state index contributed by atoms with van der Waals surface area (Å²) in [7, 11) is 0. The molecule has 0 aliphatic carbocycles. The van der Waals surface area contributed by atoms with E-state index in [-0.39, 0.29) is 10.7 Å². The molecule has 0 saturated heterocycles. The van der Waals surface area contributed by atoms with Gasteiger partial charge in [-0.05, 0) is 48.5 Å². The lowest BCUT2D eigenvalue weighted by atomic mass is 10.1. The number of anilines is 2. The van der Waals surface area contributed by atoms with E-state index in [1.54, 1.807) is 35.0 Å². The SMILES string of the molecule is O=C(Nc1cccc(-c2ccc3nnc(-c4ccccn4)n3n2)c1)Nc1c(F)cccc1Cl. The predicted molar refractivity (Wildman–Crippen MR) is 124 cm³/mol. The maximum absolute atomic E-state index is 13.9. The Morgan fingerprint density at radius 1 is 0.909 bits per heavy atom. The summed E-state index contributed by atoms with van der Waals surface area (Å²) >= 11 is 5.97. The Morgan fingerprint density at radius 2 is 1.79 bits per heavy atom. The summed E-state index contributed by atoms with van der Waals surface area (Å²) in [5.41, 5.74) is 3.02. The number of fused-ring (bicyclic) bond motifs is 1. The van der Waals surface area contributed by atoms with E-state index in [1.807, 2.05) is 30.3 Å². The third-order valence-corrected chi connectivity index (χ3v) is 5.09. The minimum Gasteiger partial charge on any atom is -0.308 e. The van der Waals surface area contributed by atoms with Gasteiger partial charge in [0, 0.05) is 17.4 Å². The molecule has 2 N–H and O–H groups in total. The first-order valence-electron chi connectivity index (χ1n) is 9.85. The minimum absolute atomic E-state index is 0.0883. The van der Waals surface area contributed by atoms with Gasteiger partial charge in [-0.15, -0.1) is 10.2 Å². The number of carbonyl (C=O) groups is 1. The number of urea groups is 1. The van der Waals surface area contributed by atoms with Crippen LogP contribution in [0.4, 0.5) is 20.6 Å². The number of nitrogens with zero attached hydrogens (tertiary/aromatic N) is 5. The molecule has 3 heterocycles. The number of para-hydroxylation sites is 1. The van der Waals surface area contributed by atoms with Crippen molar-refractivity contribution in [1.82, 2.24) is 24.8 Å². The standard InChI is InChI=1S/C23H15ClFN7O/c24-16-7-4-8-17(25)21(16)28-23(33)27-15-6-3-5-14(13-15)18-10-11-20-29-30-22(32(20)31-18)19-9-1-2-12-26-19/h1-13H,(H2,27,28,33). The van der Waals surface area contributed by atoms with E-state index >= 15 is 0 Å². The zero-order valence-corrected chi connectivity index (χ0v) is 17.7. The first-order chi connectivity index (χ1) is 16.1. The van der Waals surface area contributed by atoms with Crippen molar-refractivity contribution in [3.63, 3.8) is 0 Å². The first kappa shape index (κ1) is 20.5. The average molecular weight is 460 g/mol. The monoisotopic (exact) mass is 459 g/mol. The number of hydrogen-bond acceptors (Lipinski definition) is 5. The molecule has 0 aliphatic rings. The molecule has 0 radical (unpaired) electrons. The quantitative estimate of drug-likeness (QED) is 0.380. The zero-order valence-electron chi connectivity index (χ0n) is 16.9. The van der Waals surface area contributed by atoms with E-state index in [0.29, 0.717) is 28.5 Å². The number of hydrogen-bond donors (Lipinski definition) is 2. The van der Waals surface area contributed by atoms with Gasteiger partial charge in [-0.25, -0.2) is 9.18 Å². The number of nitrogens with one attached hydrogen (secondary N) is 2. The molecule has 10 heteroatoms. The Balaban J connectivity index is 1.41. The molecule has 0 fully saturated rings. The lowest BCUT2D eigenvalue weighted by molar-refractivity contribution is 0.262. The van der Waals surface area contributed by atoms with Crippen LogP contribution in [0, 0.1) is 5.82 Å². The summed E-state index contributed by atoms with van der Waals surface area (Å²) in [6.07, 6.45) is 1.68. The topological polar surface area (TPSA) is 97.1 Å². The highest BCUT2D eigenvalue weighted by Crippen LogP contribution is 2.26. The fourth-order valence-electron chi connectivity index (χ4n) is 3.25. The summed E-state index contributed by atoms with van der Waals surface area (Å²) in [6, 6.07) is 19.8. The Bertz CT molecular complexity index is 1450. The Morgan fingerprint density at radius 3 is 2.61 bits per heavy atom. The molecule has 5 rings (SSSR count). The Kier molecular flexibility index (Phi) is 5.37. The van der Waals surface area contributed by atoms with Crippen molar-refractivity contribution in [3.05, 3.63) is 89.8 Å². The first-order valence-corrected chi connectivity index (χ1v) is 10.2. The zero-order chi connectivity index (χ0) is 22.8. The third-order valence-electron chi connectivity index (χ3n) is 4.77. The summed E-state index contributed by atoms with van der Waals surface area (Å²) in [4.78, 5) is 16.7. The van der Waals surface area contributed by atoms with Crippen LogP contribution in [0.15, 0.2) is 79.0 Å². The van der Waals surface area contributed by atoms with Gasteiger partial charge in [-0.1, -0.05) is 35.9 Å². The maximum atomic E-state index is 13.9. The van der Waals surface area contributed by atoms with Crippen LogP contribution in [-0.2, 0) is 0 Å². The van der Waals surface area contributed by atoms with Gasteiger partial charge in [0.05, 0.1) is 16.4 Å². The molecule has 2 amide bonds. The number of amides is 2. The molecule has 0 saturated carbocycles. The summed E-state index contributed by atoms with van der Waals surface area (Å²) in [6.45, 7) is 0. The molecule has 2 aromatic carbocycles. The highest BCUT2D eigenvalue weighted by Gasteiger charge is 2.13. The number of halogens is 2. The molecule has 3 aromatic heterocycles. The molecule has 8 nitrogen and oxygen atoms in total.